The highest BCUT2D eigenvalue weighted by molar-refractivity contribution is 6.35. The molecule has 0 fully saturated rings. The van der Waals surface area contributed by atoms with Gasteiger partial charge in [0.05, 0.1) is 7.11 Å². The standard InChI is InChI=1S/C21H23Cl2NO3/c1-21(2,3)15-8-5-13(6-9-15)19(25)24-18(20(26)27-4)11-14-7-10-16(22)12-17(14)23/h5-10,12,18H,11H2,1-4H3,(H,24,25)/t18-/m0/s1. The van der Waals surface area contributed by atoms with E-state index < -0.39 is 12.0 Å². The van der Waals surface area contributed by atoms with Crippen LogP contribution in [0.3, 0.4) is 0 Å². The van der Waals surface area contributed by atoms with E-state index in [0.29, 0.717) is 21.2 Å². The average molecular weight is 408 g/mol. The Labute approximate surface area is 169 Å². The molecule has 0 saturated heterocycles. The average Bonchev–Trinajstić information content (AvgIpc) is 2.61. The zero-order valence-electron chi connectivity index (χ0n) is 15.8. The van der Waals surface area contributed by atoms with Crippen LogP contribution in [-0.2, 0) is 21.4 Å². The van der Waals surface area contributed by atoms with E-state index in [-0.39, 0.29) is 17.7 Å². The summed E-state index contributed by atoms with van der Waals surface area (Å²) in [6.07, 6.45) is 0.203. The first kappa shape index (κ1) is 21.3. The molecule has 0 aliphatic heterocycles. The first-order valence-electron chi connectivity index (χ1n) is 8.55. The van der Waals surface area contributed by atoms with E-state index in [0.717, 1.165) is 5.56 Å². The van der Waals surface area contributed by atoms with Crippen LogP contribution in [0, 0.1) is 0 Å². The number of hydrogen-bond acceptors (Lipinski definition) is 3. The van der Waals surface area contributed by atoms with E-state index in [9.17, 15) is 9.59 Å². The molecule has 2 rings (SSSR count). The Balaban J connectivity index is 2.18. The van der Waals surface area contributed by atoms with Crippen molar-refractivity contribution in [3.8, 4) is 0 Å². The van der Waals surface area contributed by atoms with Gasteiger partial charge in [0.25, 0.3) is 5.91 Å². The van der Waals surface area contributed by atoms with Crippen molar-refractivity contribution in [1.82, 2.24) is 5.32 Å². The van der Waals surface area contributed by atoms with Crippen LogP contribution in [0.4, 0.5) is 0 Å². The van der Waals surface area contributed by atoms with Crippen molar-refractivity contribution in [2.45, 2.75) is 38.6 Å². The van der Waals surface area contributed by atoms with Gasteiger partial charge in [-0.15, -0.1) is 0 Å². The summed E-state index contributed by atoms with van der Waals surface area (Å²) in [5.74, 6) is -0.892. The molecule has 0 aliphatic carbocycles. The zero-order chi connectivity index (χ0) is 20.2. The lowest BCUT2D eigenvalue weighted by atomic mass is 9.86. The lowest BCUT2D eigenvalue weighted by molar-refractivity contribution is -0.142. The number of rotatable bonds is 5. The fourth-order valence-electron chi connectivity index (χ4n) is 2.61. The maximum Gasteiger partial charge on any atom is 0.328 e. The number of hydrogen-bond donors (Lipinski definition) is 1. The van der Waals surface area contributed by atoms with Crippen LogP contribution in [0.15, 0.2) is 42.5 Å². The lowest BCUT2D eigenvalue weighted by Gasteiger charge is -2.20. The van der Waals surface area contributed by atoms with Crippen molar-refractivity contribution in [2.75, 3.05) is 7.11 Å². The Morgan fingerprint density at radius 2 is 1.70 bits per heavy atom. The topological polar surface area (TPSA) is 55.4 Å². The van der Waals surface area contributed by atoms with Crippen LogP contribution >= 0.6 is 23.2 Å². The summed E-state index contributed by atoms with van der Waals surface area (Å²) >= 11 is 12.1. The van der Waals surface area contributed by atoms with Crippen LogP contribution in [0.5, 0.6) is 0 Å². The van der Waals surface area contributed by atoms with E-state index in [1.807, 2.05) is 12.1 Å². The number of esters is 1. The molecule has 0 aliphatic rings. The van der Waals surface area contributed by atoms with Crippen LogP contribution in [0.25, 0.3) is 0 Å². The lowest BCUT2D eigenvalue weighted by Crippen LogP contribution is -2.43. The minimum absolute atomic E-state index is 0.00507. The van der Waals surface area contributed by atoms with Crippen molar-refractivity contribution < 1.29 is 14.3 Å². The van der Waals surface area contributed by atoms with E-state index >= 15 is 0 Å². The van der Waals surface area contributed by atoms with E-state index in [2.05, 4.69) is 26.1 Å². The van der Waals surface area contributed by atoms with Crippen LogP contribution < -0.4 is 5.32 Å². The SMILES string of the molecule is COC(=O)[C@H](Cc1ccc(Cl)cc1Cl)NC(=O)c1ccc(C(C)(C)C)cc1. The Bertz CT molecular complexity index is 826. The third kappa shape index (κ3) is 5.72. The van der Waals surface area contributed by atoms with Gasteiger partial charge >= 0.3 is 5.97 Å². The highest BCUT2D eigenvalue weighted by atomic mass is 35.5. The summed E-state index contributed by atoms with van der Waals surface area (Å²) in [5, 5.41) is 3.66. The molecule has 0 spiro atoms. The summed E-state index contributed by atoms with van der Waals surface area (Å²) in [6, 6.07) is 11.5. The molecule has 1 N–H and O–H groups in total. The predicted molar refractivity (Wildman–Crippen MR) is 109 cm³/mol. The first-order valence-corrected chi connectivity index (χ1v) is 9.30. The summed E-state index contributed by atoms with van der Waals surface area (Å²) < 4.78 is 4.83. The van der Waals surface area contributed by atoms with Crippen molar-refractivity contribution >= 4 is 35.1 Å². The van der Waals surface area contributed by atoms with Crippen molar-refractivity contribution in [3.63, 3.8) is 0 Å². The van der Waals surface area contributed by atoms with Gasteiger partial charge in [-0.05, 0) is 40.8 Å². The fraction of sp³-hybridized carbons (Fsp3) is 0.333. The van der Waals surface area contributed by atoms with Gasteiger partial charge in [0.1, 0.15) is 6.04 Å². The quantitative estimate of drug-likeness (QED) is 0.723. The number of amides is 1. The maximum atomic E-state index is 12.6. The number of ether oxygens (including phenoxy) is 1. The smallest absolute Gasteiger partial charge is 0.328 e. The number of methoxy groups -OCH3 is 1. The first-order chi connectivity index (χ1) is 12.6. The minimum atomic E-state index is -0.858. The molecule has 1 amide bonds. The number of carbonyl (C=O) groups is 2. The number of halogens is 2. The highest BCUT2D eigenvalue weighted by Crippen LogP contribution is 2.23. The third-order valence-electron chi connectivity index (χ3n) is 4.24. The molecular formula is C21H23Cl2NO3. The van der Waals surface area contributed by atoms with Gasteiger partial charge in [0.2, 0.25) is 0 Å². The molecular weight excluding hydrogens is 385 g/mol. The second kappa shape index (κ2) is 8.77. The summed E-state index contributed by atoms with van der Waals surface area (Å²) in [4.78, 5) is 24.7. The van der Waals surface area contributed by atoms with E-state index in [1.54, 1.807) is 30.3 Å². The maximum absolute atomic E-state index is 12.6. The van der Waals surface area contributed by atoms with Gasteiger partial charge in [-0.2, -0.15) is 0 Å². The normalized spacial score (nSPS) is 12.4. The summed E-state index contributed by atoms with van der Waals surface area (Å²) in [7, 11) is 1.28. The molecule has 27 heavy (non-hydrogen) atoms. The molecule has 0 saturated carbocycles. The molecule has 2 aromatic rings. The molecule has 0 heterocycles. The van der Waals surface area contributed by atoms with Gasteiger partial charge < -0.3 is 10.1 Å². The van der Waals surface area contributed by atoms with Gasteiger partial charge in [-0.3, -0.25) is 4.79 Å². The van der Waals surface area contributed by atoms with Gasteiger partial charge in [0, 0.05) is 22.0 Å². The number of nitrogens with one attached hydrogen (secondary N) is 1. The molecule has 1 atom stereocenters. The van der Waals surface area contributed by atoms with Crippen molar-refractivity contribution in [2.24, 2.45) is 0 Å². The Morgan fingerprint density at radius 1 is 1.07 bits per heavy atom. The molecule has 0 aromatic heterocycles. The highest BCUT2D eigenvalue weighted by Gasteiger charge is 2.24. The van der Waals surface area contributed by atoms with Gasteiger partial charge in [0.15, 0.2) is 0 Å². The van der Waals surface area contributed by atoms with Gasteiger partial charge in [-0.25, -0.2) is 4.79 Å². The summed E-state index contributed by atoms with van der Waals surface area (Å²) in [5.41, 5.74) is 2.28. The number of benzene rings is 2. The molecule has 0 radical (unpaired) electrons. The monoisotopic (exact) mass is 407 g/mol. The Hall–Kier alpha value is -2.04. The third-order valence-corrected chi connectivity index (χ3v) is 4.83. The molecule has 6 heteroatoms. The van der Waals surface area contributed by atoms with Gasteiger partial charge in [-0.1, -0.05) is 62.2 Å². The summed E-state index contributed by atoms with van der Waals surface area (Å²) in [6.45, 7) is 6.31. The predicted octanol–water partition coefficient (Wildman–Crippen LogP) is 4.81. The minimum Gasteiger partial charge on any atom is -0.467 e. The largest absolute Gasteiger partial charge is 0.467 e. The van der Waals surface area contributed by atoms with Crippen LogP contribution in [0.2, 0.25) is 10.0 Å². The van der Waals surface area contributed by atoms with Crippen LogP contribution in [0.1, 0.15) is 42.3 Å². The van der Waals surface area contributed by atoms with Crippen molar-refractivity contribution in [1.29, 1.82) is 0 Å². The molecule has 144 valence electrons. The number of carbonyl (C=O) groups excluding carboxylic acids is 2. The Kier molecular flexibility index (Phi) is 6.90. The Morgan fingerprint density at radius 3 is 2.22 bits per heavy atom. The molecule has 0 bridgehead atoms. The fourth-order valence-corrected chi connectivity index (χ4v) is 3.09. The van der Waals surface area contributed by atoms with E-state index in [4.69, 9.17) is 27.9 Å². The molecule has 0 unspecified atom stereocenters. The second-order valence-electron chi connectivity index (χ2n) is 7.32. The molecule has 2 aromatic carbocycles. The van der Waals surface area contributed by atoms with E-state index in [1.165, 1.54) is 7.11 Å². The van der Waals surface area contributed by atoms with Crippen LogP contribution in [-0.4, -0.2) is 25.0 Å². The second-order valence-corrected chi connectivity index (χ2v) is 8.16. The molecule has 4 nitrogen and oxygen atoms in total. The van der Waals surface area contributed by atoms with Crippen molar-refractivity contribution in [3.05, 3.63) is 69.2 Å². The zero-order valence-corrected chi connectivity index (χ0v) is 17.3.